The standard InChI is InChI=1S/C22H26N4O.2ClH/c1-26-19-10-6-5-9-18(19)24-22(26)21(17-7-3-2-4-8-17)25-20(27)12-11-16-13-14-23-15-16;;/h2-10,16,21,23H,11-15H2,1H3,(H,25,27);2*1H. The molecule has 0 spiro atoms. The van der Waals surface area contributed by atoms with Crippen molar-refractivity contribution in [2.24, 2.45) is 13.0 Å². The summed E-state index contributed by atoms with van der Waals surface area (Å²) in [5.74, 6) is 1.56. The zero-order valence-corrected chi connectivity index (χ0v) is 18.1. The number of nitrogens with one attached hydrogen (secondary N) is 2. The first kappa shape index (κ1) is 23.2. The van der Waals surface area contributed by atoms with E-state index in [1.807, 2.05) is 55.6 Å². The Morgan fingerprint density at radius 1 is 1.17 bits per heavy atom. The molecular weight excluding hydrogens is 407 g/mol. The Morgan fingerprint density at radius 3 is 2.59 bits per heavy atom. The molecule has 0 radical (unpaired) electrons. The van der Waals surface area contributed by atoms with E-state index < -0.39 is 0 Å². The lowest BCUT2D eigenvalue weighted by Crippen LogP contribution is -2.31. The maximum atomic E-state index is 12.7. The second kappa shape index (κ2) is 10.6. The van der Waals surface area contributed by atoms with Gasteiger partial charge in [0.1, 0.15) is 11.9 Å². The van der Waals surface area contributed by atoms with E-state index in [-0.39, 0.29) is 36.8 Å². The first-order chi connectivity index (χ1) is 13.2. The van der Waals surface area contributed by atoms with Gasteiger partial charge >= 0.3 is 0 Å². The van der Waals surface area contributed by atoms with Crippen molar-refractivity contribution >= 4 is 41.8 Å². The van der Waals surface area contributed by atoms with Gasteiger partial charge in [0.05, 0.1) is 11.0 Å². The monoisotopic (exact) mass is 434 g/mol. The maximum absolute atomic E-state index is 12.7. The summed E-state index contributed by atoms with van der Waals surface area (Å²) in [6.07, 6.45) is 2.66. The number of hydrogen-bond acceptors (Lipinski definition) is 3. The molecule has 0 saturated carbocycles. The van der Waals surface area contributed by atoms with Crippen LogP contribution in [0.5, 0.6) is 0 Å². The third-order valence-corrected chi connectivity index (χ3v) is 5.46. The van der Waals surface area contributed by atoms with Gasteiger partial charge in [-0.05, 0) is 49.5 Å². The number of rotatable bonds is 6. The van der Waals surface area contributed by atoms with Gasteiger partial charge < -0.3 is 15.2 Å². The Bertz CT molecular complexity index is 923. The third-order valence-electron chi connectivity index (χ3n) is 5.46. The molecule has 5 nitrogen and oxygen atoms in total. The van der Waals surface area contributed by atoms with Crippen LogP contribution in [0.3, 0.4) is 0 Å². The highest BCUT2D eigenvalue weighted by atomic mass is 35.5. The summed E-state index contributed by atoms with van der Waals surface area (Å²) in [5, 5.41) is 6.60. The van der Waals surface area contributed by atoms with Crippen LogP contribution in [0.1, 0.15) is 36.7 Å². The maximum Gasteiger partial charge on any atom is 0.220 e. The molecule has 1 fully saturated rings. The molecule has 2 unspecified atom stereocenters. The van der Waals surface area contributed by atoms with Crippen LogP contribution in [0.2, 0.25) is 0 Å². The van der Waals surface area contributed by atoms with E-state index in [2.05, 4.69) is 21.3 Å². The van der Waals surface area contributed by atoms with Gasteiger partial charge in [-0.25, -0.2) is 4.98 Å². The Balaban J connectivity index is 0.00000150. The zero-order chi connectivity index (χ0) is 18.6. The highest BCUT2D eigenvalue weighted by Gasteiger charge is 2.23. The van der Waals surface area contributed by atoms with Gasteiger partial charge in [0.15, 0.2) is 0 Å². The van der Waals surface area contributed by atoms with Gasteiger partial charge in [0.25, 0.3) is 0 Å². The van der Waals surface area contributed by atoms with Crippen molar-refractivity contribution in [3.8, 4) is 0 Å². The van der Waals surface area contributed by atoms with Gasteiger partial charge in [-0.15, -0.1) is 24.8 Å². The van der Waals surface area contributed by atoms with Crippen molar-refractivity contribution in [3.05, 3.63) is 66.0 Å². The predicted molar refractivity (Wildman–Crippen MR) is 122 cm³/mol. The number of carbonyl (C=O) groups excluding carboxylic acids is 1. The van der Waals surface area contributed by atoms with Crippen LogP contribution in [0.4, 0.5) is 0 Å². The fourth-order valence-corrected chi connectivity index (χ4v) is 3.89. The predicted octanol–water partition coefficient (Wildman–Crippen LogP) is 4.01. The zero-order valence-electron chi connectivity index (χ0n) is 16.5. The van der Waals surface area contributed by atoms with Crippen LogP contribution < -0.4 is 10.6 Å². The molecule has 1 amide bonds. The molecule has 29 heavy (non-hydrogen) atoms. The van der Waals surface area contributed by atoms with E-state index in [9.17, 15) is 4.79 Å². The summed E-state index contributed by atoms with van der Waals surface area (Å²) in [4.78, 5) is 17.5. The van der Waals surface area contributed by atoms with Crippen LogP contribution in [0, 0.1) is 5.92 Å². The van der Waals surface area contributed by atoms with Crippen LogP contribution in [-0.4, -0.2) is 28.5 Å². The quantitative estimate of drug-likeness (QED) is 0.615. The van der Waals surface area contributed by atoms with Crippen molar-refractivity contribution < 1.29 is 4.79 Å². The number of benzene rings is 2. The molecule has 0 bridgehead atoms. The number of aryl methyl sites for hydroxylation is 1. The minimum absolute atomic E-state index is 0. The highest BCUT2D eigenvalue weighted by molar-refractivity contribution is 5.85. The average molecular weight is 435 g/mol. The van der Waals surface area contributed by atoms with Crippen molar-refractivity contribution in [2.45, 2.75) is 25.3 Å². The number of carbonyl (C=O) groups is 1. The number of hydrogen-bond donors (Lipinski definition) is 2. The molecule has 1 aliphatic heterocycles. The minimum atomic E-state index is -0.252. The Kier molecular flexibility index (Phi) is 8.50. The highest BCUT2D eigenvalue weighted by Crippen LogP contribution is 2.25. The normalized spacial score (nSPS) is 16.7. The lowest BCUT2D eigenvalue weighted by atomic mass is 10.0. The second-order valence-corrected chi connectivity index (χ2v) is 7.33. The van der Waals surface area contributed by atoms with E-state index in [4.69, 9.17) is 4.98 Å². The van der Waals surface area contributed by atoms with Crippen molar-refractivity contribution in [1.29, 1.82) is 0 Å². The van der Waals surface area contributed by atoms with Gasteiger partial charge in [0, 0.05) is 13.5 Å². The SMILES string of the molecule is Cl.Cl.Cn1c(C(NC(=O)CCC2CCNC2)c2ccccc2)nc2ccccc21. The summed E-state index contributed by atoms with van der Waals surface area (Å²) in [7, 11) is 2.01. The smallest absolute Gasteiger partial charge is 0.220 e. The second-order valence-electron chi connectivity index (χ2n) is 7.33. The van der Waals surface area contributed by atoms with E-state index in [0.29, 0.717) is 12.3 Å². The van der Waals surface area contributed by atoms with E-state index in [0.717, 1.165) is 41.9 Å². The molecule has 3 aromatic rings. The largest absolute Gasteiger partial charge is 0.342 e. The van der Waals surface area contributed by atoms with Crippen molar-refractivity contribution in [3.63, 3.8) is 0 Å². The van der Waals surface area contributed by atoms with Gasteiger partial charge in [-0.2, -0.15) is 0 Å². The topological polar surface area (TPSA) is 59.0 Å². The van der Waals surface area contributed by atoms with Crippen LogP contribution in [0.25, 0.3) is 11.0 Å². The molecule has 4 rings (SSSR count). The summed E-state index contributed by atoms with van der Waals surface area (Å²) < 4.78 is 2.08. The third kappa shape index (κ3) is 5.30. The molecule has 7 heteroatoms. The average Bonchev–Trinajstić information content (AvgIpc) is 3.34. The number of fused-ring (bicyclic) bond motifs is 1. The molecule has 0 aliphatic carbocycles. The van der Waals surface area contributed by atoms with E-state index in [1.165, 1.54) is 6.42 Å². The number of para-hydroxylation sites is 2. The van der Waals surface area contributed by atoms with Gasteiger partial charge in [0.2, 0.25) is 5.91 Å². The summed E-state index contributed by atoms with van der Waals surface area (Å²) in [5.41, 5.74) is 3.06. The summed E-state index contributed by atoms with van der Waals surface area (Å²) in [6.45, 7) is 2.10. The van der Waals surface area contributed by atoms with Crippen LogP contribution >= 0.6 is 24.8 Å². The lowest BCUT2D eigenvalue weighted by Gasteiger charge is -2.20. The van der Waals surface area contributed by atoms with Crippen LogP contribution in [-0.2, 0) is 11.8 Å². The number of halogens is 2. The first-order valence-electron chi connectivity index (χ1n) is 9.69. The molecule has 2 aromatic carbocycles. The van der Waals surface area contributed by atoms with Crippen molar-refractivity contribution in [2.75, 3.05) is 13.1 Å². The number of nitrogens with zero attached hydrogens (tertiary/aromatic N) is 2. The van der Waals surface area contributed by atoms with Gasteiger partial charge in [-0.1, -0.05) is 42.5 Å². The molecule has 2 N–H and O–H groups in total. The van der Waals surface area contributed by atoms with E-state index >= 15 is 0 Å². The molecule has 1 aromatic heterocycles. The Hall–Kier alpha value is -2.08. The Morgan fingerprint density at radius 2 is 1.90 bits per heavy atom. The molecule has 156 valence electrons. The number of amides is 1. The minimum Gasteiger partial charge on any atom is -0.342 e. The molecule has 1 aliphatic rings. The Labute approximate surface area is 184 Å². The van der Waals surface area contributed by atoms with E-state index in [1.54, 1.807) is 0 Å². The fourth-order valence-electron chi connectivity index (χ4n) is 3.89. The van der Waals surface area contributed by atoms with Gasteiger partial charge in [-0.3, -0.25) is 4.79 Å². The number of aromatic nitrogens is 2. The molecular formula is C22H28Cl2N4O. The summed E-state index contributed by atoms with van der Waals surface area (Å²) >= 11 is 0. The van der Waals surface area contributed by atoms with Crippen molar-refractivity contribution in [1.82, 2.24) is 20.2 Å². The summed E-state index contributed by atoms with van der Waals surface area (Å²) in [6, 6.07) is 17.9. The molecule has 1 saturated heterocycles. The molecule has 2 atom stereocenters. The lowest BCUT2D eigenvalue weighted by molar-refractivity contribution is -0.121. The van der Waals surface area contributed by atoms with Crippen LogP contribution in [0.15, 0.2) is 54.6 Å². The fraction of sp³-hybridized carbons (Fsp3) is 0.364. The first-order valence-corrected chi connectivity index (χ1v) is 9.69. The number of imidazole rings is 1. The molecule has 2 heterocycles.